The van der Waals surface area contributed by atoms with Gasteiger partial charge < -0.3 is 20.0 Å². The molecule has 1 aromatic rings. The van der Waals surface area contributed by atoms with Crippen molar-refractivity contribution >= 4 is 40.2 Å². The molecule has 138 valence electrons. The minimum absolute atomic E-state index is 0.0418. The summed E-state index contributed by atoms with van der Waals surface area (Å²) in [5, 5.41) is 8.20. The molecule has 10 heteroatoms. The Morgan fingerprint density at radius 3 is 2.48 bits per heavy atom. The zero-order valence-electron chi connectivity index (χ0n) is 14.5. The molecule has 0 unspecified atom stereocenters. The number of anilines is 1. The predicted octanol–water partition coefficient (Wildman–Crippen LogP) is 2.21. The Bertz CT molecular complexity index is 662. The van der Waals surface area contributed by atoms with E-state index in [1.807, 2.05) is 0 Å². The number of hydrogen-bond donors (Lipinski definition) is 2. The Hall–Kier alpha value is -2.62. The molecule has 0 aliphatic heterocycles. The maximum atomic E-state index is 11.7. The highest BCUT2D eigenvalue weighted by Crippen LogP contribution is 2.21. The molecule has 0 aliphatic rings. The van der Waals surface area contributed by atoms with Crippen molar-refractivity contribution in [1.29, 1.82) is 0 Å². The Morgan fingerprint density at radius 1 is 1.24 bits per heavy atom. The molecule has 1 heterocycles. The lowest BCUT2D eigenvalue weighted by atomic mass is 10.2. The van der Waals surface area contributed by atoms with Gasteiger partial charge in [-0.1, -0.05) is 5.16 Å². The SMILES string of the molecule is COC(=O)CCC(=O)ON=C(N)c1csc(NC(=O)OC(C)(C)C)c1. The summed E-state index contributed by atoms with van der Waals surface area (Å²) in [4.78, 5) is 38.6. The topological polar surface area (TPSA) is 129 Å². The number of nitrogens with one attached hydrogen (secondary N) is 1. The minimum atomic E-state index is -0.712. The summed E-state index contributed by atoms with van der Waals surface area (Å²) >= 11 is 1.21. The van der Waals surface area contributed by atoms with Crippen LogP contribution >= 0.6 is 11.3 Å². The monoisotopic (exact) mass is 371 g/mol. The largest absolute Gasteiger partial charge is 0.469 e. The van der Waals surface area contributed by atoms with Gasteiger partial charge in [0, 0.05) is 10.9 Å². The lowest BCUT2D eigenvalue weighted by Crippen LogP contribution is -2.27. The van der Waals surface area contributed by atoms with Crippen LogP contribution in [0.3, 0.4) is 0 Å². The number of amides is 1. The van der Waals surface area contributed by atoms with Crippen molar-refractivity contribution in [3.05, 3.63) is 17.0 Å². The second-order valence-corrected chi connectivity index (χ2v) is 6.75. The van der Waals surface area contributed by atoms with E-state index in [4.69, 9.17) is 10.5 Å². The fourth-order valence-electron chi connectivity index (χ4n) is 1.44. The molecule has 1 aromatic heterocycles. The summed E-state index contributed by atoms with van der Waals surface area (Å²) < 4.78 is 9.54. The van der Waals surface area contributed by atoms with Crippen LogP contribution in [0.5, 0.6) is 0 Å². The molecular weight excluding hydrogens is 350 g/mol. The average Bonchev–Trinajstić information content (AvgIpc) is 2.96. The zero-order chi connectivity index (χ0) is 19.0. The van der Waals surface area contributed by atoms with Gasteiger partial charge in [-0.3, -0.25) is 10.1 Å². The van der Waals surface area contributed by atoms with E-state index in [0.717, 1.165) is 0 Å². The third-order valence-corrected chi connectivity index (χ3v) is 3.37. The molecule has 3 N–H and O–H groups in total. The van der Waals surface area contributed by atoms with Gasteiger partial charge in [-0.25, -0.2) is 9.59 Å². The zero-order valence-corrected chi connectivity index (χ0v) is 15.3. The quantitative estimate of drug-likeness (QED) is 0.258. The van der Waals surface area contributed by atoms with Crippen LogP contribution in [-0.4, -0.2) is 36.6 Å². The van der Waals surface area contributed by atoms with Crippen LogP contribution in [0, 0.1) is 0 Å². The number of thiophene rings is 1. The number of nitrogens with zero attached hydrogens (tertiary/aromatic N) is 1. The van der Waals surface area contributed by atoms with Gasteiger partial charge in [-0.2, -0.15) is 0 Å². The highest BCUT2D eigenvalue weighted by Gasteiger charge is 2.17. The third-order valence-electron chi connectivity index (χ3n) is 2.53. The Kier molecular flexibility index (Phi) is 7.37. The van der Waals surface area contributed by atoms with E-state index in [9.17, 15) is 14.4 Å². The number of nitrogens with two attached hydrogens (primary N) is 1. The summed E-state index contributed by atoms with van der Waals surface area (Å²) in [6.07, 6.45) is -0.864. The molecule has 1 amide bonds. The van der Waals surface area contributed by atoms with Crippen molar-refractivity contribution < 1.29 is 28.7 Å². The molecule has 0 fully saturated rings. The normalized spacial score (nSPS) is 11.6. The van der Waals surface area contributed by atoms with Gasteiger partial charge in [-0.05, 0) is 26.8 Å². The molecule has 0 bridgehead atoms. The molecule has 9 nitrogen and oxygen atoms in total. The summed E-state index contributed by atoms with van der Waals surface area (Å²) in [5.74, 6) is -1.28. The number of ether oxygens (including phenoxy) is 2. The van der Waals surface area contributed by atoms with E-state index in [0.29, 0.717) is 10.6 Å². The van der Waals surface area contributed by atoms with Crippen LogP contribution in [0.4, 0.5) is 9.80 Å². The van der Waals surface area contributed by atoms with Gasteiger partial charge in [-0.15, -0.1) is 11.3 Å². The Morgan fingerprint density at radius 2 is 1.88 bits per heavy atom. The summed E-state index contributed by atoms with van der Waals surface area (Å²) in [7, 11) is 1.23. The summed E-state index contributed by atoms with van der Waals surface area (Å²) in [5.41, 5.74) is 5.58. The molecule has 0 aromatic carbocycles. The highest BCUT2D eigenvalue weighted by molar-refractivity contribution is 7.14. The van der Waals surface area contributed by atoms with E-state index >= 15 is 0 Å². The lowest BCUT2D eigenvalue weighted by Gasteiger charge is -2.19. The van der Waals surface area contributed by atoms with Crippen LogP contribution in [-0.2, 0) is 23.9 Å². The summed E-state index contributed by atoms with van der Waals surface area (Å²) in [6.45, 7) is 5.27. The first-order chi connectivity index (χ1) is 11.6. The van der Waals surface area contributed by atoms with E-state index in [1.54, 1.807) is 32.2 Å². The first-order valence-electron chi connectivity index (χ1n) is 7.29. The number of carbonyl (C=O) groups is 3. The third kappa shape index (κ3) is 8.15. The molecule has 0 saturated heterocycles. The van der Waals surface area contributed by atoms with Crippen molar-refractivity contribution in [3.63, 3.8) is 0 Å². The molecule has 0 atom stereocenters. The summed E-state index contributed by atoms with van der Waals surface area (Å²) in [6, 6.07) is 1.57. The van der Waals surface area contributed by atoms with Gasteiger partial charge in [0.25, 0.3) is 0 Å². The van der Waals surface area contributed by atoms with Crippen LogP contribution in [0.2, 0.25) is 0 Å². The van der Waals surface area contributed by atoms with Crippen molar-refractivity contribution in [2.24, 2.45) is 10.9 Å². The number of oxime groups is 1. The Labute approximate surface area is 149 Å². The number of rotatable bonds is 6. The maximum absolute atomic E-state index is 11.7. The molecule has 1 rings (SSSR count). The lowest BCUT2D eigenvalue weighted by molar-refractivity contribution is -0.148. The van der Waals surface area contributed by atoms with Crippen LogP contribution in [0.15, 0.2) is 16.6 Å². The van der Waals surface area contributed by atoms with E-state index in [-0.39, 0.29) is 18.7 Å². The molecule has 25 heavy (non-hydrogen) atoms. The van der Waals surface area contributed by atoms with Crippen molar-refractivity contribution in [2.45, 2.75) is 39.2 Å². The van der Waals surface area contributed by atoms with Crippen molar-refractivity contribution in [3.8, 4) is 0 Å². The van der Waals surface area contributed by atoms with Gasteiger partial charge in [0.05, 0.1) is 25.0 Å². The van der Waals surface area contributed by atoms with E-state index < -0.39 is 23.6 Å². The van der Waals surface area contributed by atoms with Crippen LogP contribution < -0.4 is 11.1 Å². The van der Waals surface area contributed by atoms with Crippen LogP contribution in [0.25, 0.3) is 0 Å². The number of hydrogen-bond acceptors (Lipinski definition) is 8. The van der Waals surface area contributed by atoms with E-state index in [1.165, 1.54) is 18.4 Å². The van der Waals surface area contributed by atoms with Crippen molar-refractivity contribution in [1.82, 2.24) is 0 Å². The minimum Gasteiger partial charge on any atom is -0.469 e. The van der Waals surface area contributed by atoms with Gasteiger partial charge in [0.15, 0.2) is 5.84 Å². The average molecular weight is 371 g/mol. The molecular formula is C15H21N3O6S. The second kappa shape index (κ2) is 9.02. The van der Waals surface area contributed by atoms with Gasteiger partial charge >= 0.3 is 18.0 Å². The smallest absolute Gasteiger partial charge is 0.412 e. The first-order valence-corrected chi connectivity index (χ1v) is 8.17. The molecule has 0 aliphatic carbocycles. The standard InChI is InChI=1S/C15H21N3O6S/c1-15(2,3)23-14(21)17-10-7-9(8-25-10)13(16)18-24-12(20)6-5-11(19)22-4/h7-8H,5-6H2,1-4H3,(H2,16,18)(H,17,21). The highest BCUT2D eigenvalue weighted by atomic mass is 32.1. The molecule has 0 spiro atoms. The number of methoxy groups -OCH3 is 1. The number of amidine groups is 1. The first kappa shape index (κ1) is 20.4. The number of carbonyl (C=O) groups excluding carboxylic acids is 3. The number of esters is 1. The van der Waals surface area contributed by atoms with E-state index in [2.05, 4.69) is 20.0 Å². The van der Waals surface area contributed by atoms with Gasteiger partial charge in [0.2, 0.25) is 0 Å². The van der Waals surface area contributed by atoms with Crippen LogP contribution in [0.1, 0.15) is 39.2 Å². The fraction of sp³-hybridized carbons (Fsp3) is 0.467. The second-order valence-electron chi connectivity index (χ2n) is 5.84. The fourth-order valence-corrected chi connectivity index (χ4v) is 2.22. The van der Waals surface area contributed by atoms with Gasteiger partial charge in [0.1, 0.15) is 5.60 Å². The molecule has 0 radical (unpaired) electrons. The predicted molar refractivity (Wildman–Crippen MR) is 92.2 cm³/mol. The maximum Gasteiger partial charge on any atom is 0.412 e. The molecule has 0 saturated carbocycles. The Balaban J connectivity index is 2.55. The van der Waals surface area contributed by atoms with Crippen molar-refractivity contribution in [2.75, 3.05) is 12.4 Å².